The highest BCUT2D eigenvalue weighted by Crippen LogP contribution is 2.30. The van der Waals surface area contributed by atoms with Crippen molar-refractivity contribution in [3.8, 4) is 5.75 Å². The Labute approximate surface area is 161 Å². The van der Waals surface area contributed by atoms with Crippen molar-refractivity contribution in [3.05, 3.63) is 65.2 Å². The Hall–Kier alpha value is -2.33. The van der Waals surface area contributed by atoms with Crippen LogP contribution in [-0.4, -0.2) is 35.6 Å². The number of carbonyl (C=O) groups is 1. The van der Waals surface area contributed by atoms with E-state index in [-0.39, 0.29) is 11.8 Å². The fourth-order valence-electron chi connectivity index (χ4n) is 3.75. The van der Waals surface area contributed by atoms with Gasteiger partial charge in [0.25, 0.3) is 0 Å². The van der Waals surface area contributed by atoms with Crippen molar-refractivity contribution in [2.75, 3.05) is 19.7 Å². The molecule has 0 aliphatic carbocycles. The third-order valence-electron chi connectivity index (χ3n) is 5.38. The number of rotatable bonds is 6. The maximum atomic E-state index is 12.5. The van der Waals surface area contributed by atoms with Crippen molar-refractivity contribution in [1.29, 1.82) is 0 Å². The smallest absolute Gasteiger partial charge is 0.225 e. The standard InChI is InChI=1S/C23H29NO3/c1-17-8-9-21(18(2)16-17)27-15-12-22(25)24-13-10-20(11-14-24)23(26)19-6-4-3-5-7-19/h3-9,16,20,23,26H,10-15H2,1-2H3. The molecule has 1 heterocycles. The van der Waals surface area contributed by atoms with Crippen LogP contribution in [0.1, 0.15) is 42.1 Å². The van der Waals surface area contributed by atoms with Gasteiger partial charge in [-0.1, -0.05) is 48.0 Å². The lowest BCUT2D eigenvalue weighted by Crippen LogP contribution is -2.40. The minimum atomic E-state index is -0.448. The zero-order valence-electron chi connectivity index (χ0n) is 16.2. The quantitative estimate of drug-likeness (QED) is 0.838. The van der Waals surface area contributed by atoms with Crippen LogP contribution < -0.4 is 4.74 Å². The molecule has 27 heavy (non-hydrogen) atoms. The van der Waals surface area contributed by atoms with Gasteiger partial charge in [0.15, 0.2) is 0 Å². The Kier molecular flexibility index (Phi) is 6.51. The zero-order chi connectivity index (χ0) is 19.2. The number of hydrogen-bond donors (Lipinski definition) is 1. The molecule has 1 unspecified atom stereocenters. The molecular formula is C23H29NO3. The fourth-order valence-corrected chi connectivity index (χ4v) is 3.75. The molecule has 0 spiro atoms. The summed E-state index contributed by atoms with van der Waals surface area (Å²) in [5, 5.41) is 10.6. The largest absolute Gasteiger partial charge is 0.493 e. The number of aliphatic hydroxyl groups excluding tert-OH is 1. The van der Waals surface area contributed by atoms with E-state index in [4.69, 9.17) is 4.74 Å². The lowest BCUT2D eigenvalue weighted by molar-refractivity contribution is -0.133. The molecule has 2 aromatic carbocycles. The third-order valence-corrected chi connectivity index (χ3v) is 5.38. The van der Waals surface area contributed by atoms with Crippen LogP contribution >= 0.6 is 0 Å². The number of likely N-dealkylation sites (tertiary alicyclic amines) is 1. The molecule has 144 valence electrons. The molecule has 1 saturated heterocycles. The van der Waals surface area contributed by atoms with E-state index in [1.807, 2.05) is 54.3 Å². The minimum Gasteiger partial charge on any atom is -0.493 e. The van der Waals surface area contributed by atoms with Gasteiger partial charge >= 0.3 is 0 Å². The maximum Gasteiger partial charge on any atom is 0.225 e. The van der Waals surface area contributed by atoms with Crippen LogP contribution in [0.5, 0.6) is 5.75 Å². The van der Waals surface area contributed by atoms with E-state index < -0.39 is 6.10 Å². The first-order valence-corrected chi connectivity index (χ1v) is 9.75. The van der Waals surface area contributed by atoms with Gasteiger partial charge in [0.05, 0.1) is 19.1 Å². The van der Waals surface area contributed by atoms with Crippen LogP contribution in [0.3, 0.4) is 0 Å². The van der Waals surface area contributed by atoms with Gasteiger partial charge in [-0.25, -0.2) is 0 Å². The number of carbonyl (C=O) groups excluding carboxylic acids is 1. The van der Waals surface area contributed by atoms with Crippen molar-refractivity contribution in [2.24, 2.45) is 5.92 Å². The van der Waals surface area contributed by atoms with Gasteiger partial charge in [-0.2, -0.15) is 0 Å². The average molecular weight is 367 g/mol. The number of aliphatic hydroxyl groups is 1. The van der Waals surface area contributed by atoms with Crippen LogP contribution in [0.15, 0.2) is 48.5 Å². The molecule has 0 radical (unpaired) electrons. The minimum absolute atomic E-state index is 0.132. The maximum absolute atomic E-state index is 12.5. The van der Waals surface area contributed by atoms with Gasteiger partial charge in [0.1, 0.15) is 5.75 Å². The van der Waals surface area contributed by atoms with Gasteiger partial charge in [-0.05, 0) is 49.8 Å². The molecule has 1 atom stereocenters. The molecule has 2 aromatic rings. The Morgan fingerprint density at radius 2 is 1.85 bits per heavy atom. The summed E-state index contributed by atoms with van der Waals surface area (Å²) >= 11 is 0. The lowest BCUT2D eigenvalue weighted by Gasteiger charge is -2.34. The Balaban J connectivity index is 1.43. The van der Waals surface area contributed by atoms with E-state index in [2.05, 4.69) is 13.0 Å². The molecule has 1 aliphatic heterocycles. The first-order chi connectivity index (χ1) is 13.0. The van der Waals surface area contributed by atoms with Crippen molar-refractivity contribution in [3.63, 3.8) is 0 Å². The molecule has 0 saturated carbocycles. The summed E-state index contributed by atoms with van der Waals surface area (Å²) in [5.74, 6) is 1.19. The molecule has 1 amide bonds. The summed E-state index contributed by atoms with van der Waals surface area (Å²) in [6.07, 6.45) is 1.61. The highest BCUT2D eigenvalue weighted by molar-refractivity contribution is 5.76. The number of benzene rings is 2. The topological polar surface area (TPSA) is 49.8 Å². The van der Waals surface area contributed by atoms with Crippen molar-refractivity contribution in [1.82, 2.24) is 4.90 Å². The number of piperidine rings is 1. The summed E-state index contributed by atoms with van der Waals surface area (Å²) in [6.45, 7) is 5.88. The number of aryl methyl sites for hydroxylation is 2. The van der Waals surface area contributed by atoms with Crippen molar-refractivity contribution < 1.29 is 14.6 Å². The number of hydrogen-bond acceptors (Lipinski definition) is 3. The monoisotopic (exact) mass is 367 g/mol. The van der Waals surface area contributed by atoms with E-state index in [0.29, 0.717) is 26.1 Å². The number of nitrogens with zero attached hydrogens (tertiary/aromatic N) is 1. The molecule has 1 fully saturated rings. The molecular weight excluding hydrogens is 338 g/mol. The molecule has 0 bridgehead atoms. The first kappa shape index (κ1) is 19.4. The second-order valence-electron chi connectivity index (χ2n) is 7.44. The summed E-state index contributed by atoms with van der Waals surface area (Å²) in [5.41, 5.74) is 3.26. The Bertz CT molecular complexity index is 751. The van der Waals surface area contributed by atoms with Gasteiger partial charge in [0, 0.05) is 13.1 Å². The van der Waals surface area contributed by atoms with Crippen LogP contribution in [0.4, 0.5) is 0 Å². The Morgan fingerprint density at radius 3 is 2.52 bits per heavy atom. The number of ether oxygens (including phenoxy) is 1. The highest BCUT2D eigenvalue weighted by atomic mass is 16.5. The molecule has 4 nitrogen and oxygen atoms in total. The van der Waals surface area contributed by atoms with E-state index in [1.165, 1.54) is 5.56 Å². The van der Waals surface area contributed by atoms with Gasteiger partial charge in [-0.15, -0.1) is 0 Å². The third kappa shape index (κ3) is 5.10. The van der Waals surface area contributed by atoms with Crippen molar-refractivity contribution >= 4 is 5.91 Å². The Morgan fingerprint density at radius 1 is 1.15 bits per heavy atom. The van der Waals surface area contributed by atoms with Crippen LogP contribution in [0.2, 0.25) is 0 Å². The van der Waals surface area contributed by atoms with Crippen molar-refractivity contribution in [2.45, 2.75) is 39.2 Å². The lowest BCUT2D eigenvalue weighted by atomic mass is 9.87. The van der Waals surface area contributed by atoms with Crippen LogP contribution in [0, 0.1) is 19.8 Å². The van der Waals surface area contributed by atoms with E-state index >= 15 is 0 Å². The van der Waals surface area contributed by atoms with Crippen LogP contribution in [0.25, 0.3) is 0 Å². The summed E-state index contributed by atoms with van der Waals surface area (Å²) in [4.78, 5) is 14.4. The number of amides is 1. The van der Waals surface area contributed by atoms with Gasteiger partial charge in [0.2, 0.25) is 5.91 Å². The van der Waals surface area contributed by atoms with Gasteiger partial charge < -0.3 is 14.7 Å². The van der Waals surface area contributed by atoms with Crippen LogP contribution in [-0.2, 0) is 4.79 Å². The molecule has 4 heteroatoms. The van der Waals surface area contributed by atoms with E-state index in [1.54, 1.807) is 0 Å². The molecule has 1 N–H and O–H groups in total. The average Bonchev–Trinajstić information content (AvgIpc) is 2.70. The van der Waals surface area contributed by atoms with E-state index in [9.17, 15) is 9.90 Å². The second kappa shape index (κ2) is 9.05. The molecule has 0 aromatic heterocycles. The van der Waals surface area contributed by atoms with Gasteiger partial charge in [-0.3, -0.25) is 4.79 Å². The highest BCUT2D eigenvalue weighted by Gasteiger charge is 2.28. The summed E-state index contributed by atoms with van der Waals surface area (Å²) in [7, 11) is 0. The normalized spacial score (nSPS) is 16.2. The van der Waals surface area contributed by atoms with E-state index in [0.717, 1.165) is 29.7 Å². The zero-order valence-corrected chi connectivity index (χ0v) is 16.2. The predicted molar refractivity (Wildman–Crippen MR) is 107 cm³/mol. The summed E-state index contributed by atoms with van der Waals surface area (Å²) < 4.78 is 5.78. The SMILES string of the molecule is Cc1ccc(OCCC(=O)N2CCC(C(O)c3ccccc3)CC2)c(C)c1. The molecule has 3 rings (SSSR count). The fraction of sp³-hybridized carbons (Fsp3) is 0.435. The summed E-state index contributed by atoms with van der Waals surface area (Å²) in [6, 6.07) is 15.9. The molecule has 1 aliphatic rings. The predicted octanol–water partition coefficient (Wildman–Crippen LogP) is 4.04. The first-order valence-electron chi connectivity index (χ1n) is 9.75. The second-order valence-corrected chi connectivity index (χ2v) is 7.44.